The fraction of sp³-hybridized carbons (Fsp3) is 0.391. The highest BCUT2D eigenvalue weighted by Crippen LogP contribution is 2.27. The van der Waals surface area contributed by atoms with Gasteiger partial charge < -0.3 is 14.6 Å². The minimum Gasteiger partial charge on any atom is -0.444 e. The van der Waals surface area contributed by atoms with Gasteiger partial charge in [-0.15, -0.1) is 0 Å². The molecule has 34 heavy (non-hydrogen) atoms. The van der Waals surface area contributed by atoms with Gasteiger partial charge in [0.05, 0.1) is 41.1 Å². The number of fused-ring (bicyclic) bond motifs is 2. The second-order valence-electron chi connectivity index (χ2n) is 9.37. The monoisotopic (exact) mass is 460 g/mol. The summed E-state index contributed by atoms with van der Waals surface area (Å²) in [5, 5.41) is 13.6. The molecule has 1 saturated heterocycles. The summed E-state index contributed by atoms with van der Waals surface area (Å²) < 4.78 is 8.77. The first-order valence-electron chi connectivity index (χ1n) is 11.1. The SMILES string of the molecule is CC(C)(C)OC(=O)N1CCCC(n2c(=O)[nH]c3cnc(-c4cnn5ccc(C#N)cc45)nc32)C1. The van der Waals surface area contributed by atoms with E-state index in [1.54, 1.807) is 44.7 Å². The molecular formula is C23H24N8O3. The predicted molar refractivity (Wildman–Crippen MR) is 123 cm³/mol. The van der Waals surface area contributed by atoms with Gasteiger partial charge in [-0.05, 0) is 45.7 Å². The van der Waals surface area contributed by atoms with Gasteiger partial charge in [0.25, 0.3) is 0 Å². The van der Waals surface area contributed by atoms with Gasteiger partial charge in [-0.3, -0.25) is 4.57 Å². The van der Waals surface area contributed by atoms with Gasteiger partial charge >= 0.3 is 11.8 Å². The summed E-state index contributed by atoms with van der Waals surface area (Å²) in [6.45, 7) is 6.41. The van der Waals surface area contributed by atoms with Crippen molar-refractivity contribution in [2.45, 2.75) is 45.3 Å². The summed E-state index contributed by atoms with van der Waals surface area (Å²) in [6, 6.07) is 5.27. The van der Waals surface area contributed by atoms with Gasteiger partial charge in [-0.2, -0.15) is 10.4 Å². The Kier molecular flexibility index (Phi) is 5.08. The van der Waals surface area contributed by atoms with Gasteiger partial charge in [-0.25, -0.2) is 24.1 Å². The summed E-state index contributed by atoms with van der Waals surface area (Å²) in [5.41, 5.74) is 1.92. The lowest BCUT2D eigenvalue weighted by Gasteiger charge is -2.34. The quantitative estimate of drug-likeness (QED) is 0.486. The number of rotatable bonds is 2. The molecule has 174 valence electrons. The van der Waals surface area contributed by atoms with E-state index in [0.717, 1.165) is 12.8 Å². The van der Waals surface area contributed by atoms with Crippen LogP contribution in [0.15, 0.2) is 35.5 Å². The fourth-order valence-corrected chi connectivity index (χ4v) is 4.27. The molecule has 11 nitrogen and oxygen atoms in total. The number of hydrogen-bond donors (Lipinski definition) is 1. The first-order valence-corrected chi connectivity index (χ1v) is 11.1. The van der Waals surface area contributed by atoms with E-state index in [1.807, 2.05) is 20.8 Å². The van der Waals surface area contributed by atoms with E-state index in [2.05, 4.69) is 21.1 Å². The van der Waals surface area contributed by atoms with Gasteiger partial charge in [0.2, 0.25) is 0 Å². The van der Waals surface area contributed by atoms with E-state index in [1.165, 1.54) is 0 Å². The van der Waals surface area contributed by atoms with E-state index >= 15 is 0 Å². The number of carbonyl (C=O) groups is 1. The number of piperidine rings is 1. The maximum atomic E-state index is 12.9. The lowest BCUT2D eigenvalue weighted by Crippen LogP contribution is -2.44. The molecule has 1 fully saturated rings. The Morgan fingerprint density at radius 3 is 2.91 bits per heavy atom. The van der Waals surface area contributed by atoms with E-state index < -0.39 is 5.60 Å². The van der Waals surface area contributed by atoms with Crippen LogP contribution < -0.4 is 5.69 Å². The molecule has 0 radical (unpaired) electrons. The normalized spacial score (nSPS) is 16.6. The second kappa shape index (κ2) is 7.98. The number of aromatic amines is 1. The van der Waals surface area contributed by atoms with Gasteiger partial charge in [-0.1, -0.05) is 0 Å². The number of hydrogen-bond acceptors (Lipinski definition) is 7. The average Bonchev–Trinajstić information content (AvgIpc) is 3.37. The molecule has 5 rings (SSSR count). The molecule has 1 unspecified atom stereocenters. The van der Waals surface area contributed by atoms with Crippen LogP contribution in [0, 0.1) is 11.3 Å². The summed E-state index contributed by atoms with van der Waals surface area (Å²) in [6.07, 6.45) is 5.99. The number of amides is 1. The maximum Gasteiger partial charge on any atom is 0.410 e. The number of pyridine rings is 1. The third-order valence-corrected chi connectivity index (χ3v) is 5.76. The third-order valence-electron chi connectivity index (χ3n) is 5.76. The second-order valence-corrected chi connectivity index (χ2v) is 9.37. The minimum atomic E-state index is -0.594. The van der Waals surface area contributed by atoms with Crippen LogP contribution in [0.1, 0.15) is 45.2 Å². The number of nitrogens with zero attached hydrogens (tertiary/aromatic N) is 7. The number of aromatic nitrogens is 6. The number of carbonyl (C=O) groups excluding carboxylic acids is 1. The van der Waals surface area contributed by atoms with Crippen molar-refractivity contribution in [2.75, 3.05) is 13.1 Å². The standard InChI is InChI=1S/C23H24N8O3/c1-23(2,3)34-22(33)29-7-4-5-15(13-29)31-20-17(27-21(31)32)12-25-19(28-20)16-11-26-30-8-6-14(10-24)9-18(16)30/h6,8-9,11-12,15H,4-5,7,13H2,1-3H3,(H,27,32). The molecule has 1 aliphatic rings. The third kappa shape index (κ3) is 3.87. The number of likely N-dealkylation sites (tertiary alicyclic amines) is 1. The Morgan fingerprint density at radius 2 is 2.15 bits per heavy atom. The number of nitriles is 1. The van der Waals surface area contributed by atoms with Crippen molar-refractivity contribution in [1.82, 2.24) is 34.0 Å². The highest BCUT2D eigenvalue weighted by Gasteiger charge is 2.30. The van der Waals surface area contributed by atoms with Crippen LogP contribution in [0.2, 0.25) is 0 Å². The zero-order chi connectivity index (χ0) is 24.0. The average molecular weight is 460 g/mol. The highest BCUT2D eigenvalue weighted by atomic mass is 16.6. The number of imidazole rings is 1. The molecule has 4 aromatic rings. The first-order chi connectivity index (χ1) is 16.2. The van der Waals surface area contributed by atoms with E-state index in [-0.39, 0.29) is 17.8 Å². The maximum absolute atomic E-state index is 12.9. The van der Waals surface area contributed by atoms with Crippen molar-refractivity contribution in [2.24, 2.45) is 0 Å². The van der Waals surface area contributed by atoms with Crippen LogP contribution in [0.3, 0.4) is 0 Å². The molecule has 0 aliphatic carbocycles. The molecule has 5 heterocycles. The Labute approximate surface area is 194 Å². The Bertz CT molecular complexity index is 1500. The number of H-pyrrole nitrogens is 1. The minimum absolute atomic E-state index is 0.251. The summed E-state index contributed by atoms with van der Waals surface area (Å²) >= 11 is 0. The largest absolute Gasteiger partial charge is 0.444 e. The van der Waals surface area contributed by atoms with Crippen molar-refractivity contribution in [3.8, 4) is 17.5 Å². The molecular weight excluding hydrogens is 436 g/mol. The summed E-state index contributed by atoms with van der Waals surface area (Å²) in [7, 11) is 0. The lowest BCUT2D eigenvalue weighted by atomic mass is 10.1. The molecule has 1 N–H and O–H groups in total. The Balaban J connectivity index is 1.53. The molecule has 1 atom stereocenters. The molecule has 4 aromatic heterocycles. The van der Waals surface area contributed by atoms with E-state index in [4.69, 9.17) is 9.72 Å². The van der Waals surface area contributed by atoms with E-state index in [0.29, 0.717) is 46.7 Å². The van der Waals surface area contributed by atoms with Crippen LogP contribution in [0.25, 0.3) is 28.1 Å². The van der Waals surface area contributed by atoms with Crippen molar-refractivity contribution in [1.29, 1.82) is 5.26 Å². The van der Waals surface area contributed by atoms with Gasteiger partial charge in [0.15, 0.2) is 11.5 Å². The smallest absolute Gasteiger partial charge is 0.410 e. The van der Waals surface area contributed by atoms with E-state index in [9.17, 15) is 14.9 Å². The van der Waals surface area contributed by atoms with Gasteiger partial charge in [0, 0.05) is 19.3 Å². The molecule has 0 aromatic carbocycles. The first kappa shape index (κ1) is 21.6. The molecule has 11 heteroatoms. The van der Waals surface area contributed by atoms with Gasteiger partial charge in [0.1, 0.15) is 11.1 Å². The van der Waals surface area contributed by atoms with Crippen molar-refractivity contribution in [3.05, 3.63) is 46.8 Å². The highest BCUT2D eigenvalue weighted by molar-refractivity contribution is 5.80. The summed E-state index contributed by atoms with van der Waals surface area (Å²) in [4.78, 5) is 39.1. The van der Waals surface area contributed by atoms with Crippen LogP contribution in [0.4, 0.5) is 4.79 Å². The van der Waals surface area contributed by atoms with Crippen molar-refractivity contribution in [3.63, 3.8) is 0 Å². The van der Waals surface area contributed by atoms with Crippen LogP contribution >= 0.6 is 0 Å². The van der Waals surface area contributed by atoms with Crippen LogP contribution in [0.5, 0.6) is 0 Å². The van der Waals surface area contributed by atoms with Crippen molar-refractivity contribution >= 4 is 22.8 Å². The van der Waals surface area contributed by atoms with Crippen LogP contribution in [-0.4, -0.2) is 58.8 Å². The molecule has 1 amide bonds. The number of ether oxygens (including phenoxy) is 1. The molecule has 0 saturated carbocycles. The van der Waals surface area contributed by atoms with Crippen LogP contribution in [-0.2, 0) is 4.74 Å². The molecule has 0 spiro atoms. The zero-order valence-corrected chi connectivity index (χ0v) is 19.1. The topological polar surface area (TPSA) is 134 Å². The Morgan fingerprint density at radius 1 is 1.32 bits per heavy atom. The predicted octanol–water partition coefficient (Wildman–Crippen LogP) is 2.88. The molecule has 1 aliphatic heterocycles. The fourth-order valence-electron chi connectivity index (χ4n) is 4.27. The summed E-state index contributed by atoms with van der Waals surface area (Å²) in [5.74, 6) is 0.394. The molecule has 0 bridgehead atoms. The number of nitrogens with one attached hydrogen (secondary N) is 1. The zero-order valence-electron chi connectivity index (χ0n) is 19.1. The Hall–Kier alpha value is -4.20. The van der Waals surface area contributed by atoms with Crippen molar-refractivity contribution < 1.29 is 9.53 Å². The lowest BCUT2D eigenvalue weighted by molar-refractivity contribution is 0.0172.